The summed E-state index contributed by atoms with van der Waals surface area (Å²) in [6.07, 6.45) is 2.05. The van der Waals surface area contributed by atoms with Crippen molar-refractivity contribution in [2.24, 2.45) is 0 Å². The maximum Gasteiger partial charge on any atom is 0.516 e. The number of hydrogen-bond acceptors (Lipinski definition) is 5. The summed E-state index contributed by atoms with van der Waals surface area (Å²) in [5, 5.41) is 3.11. The van der Waals surface area contributed by atoms with Crippen LogP contribution < -0.4 is 15.9 Å². The SMILES string of the molecule is CC(C)OP(=O)(OC(C)C)C1C=C([P+](c2ccccc2)(c2ccccc2)c2ccccc2)C=CN1S(=O)(=O)C(F)(F)F. The minimum atomic E-state index is -5.98. The maximum atomic E-state index is 14.5. The molecule has 0 fully saturated rings. The van der Waals surface area contributed by atoms with E-state index in [0.717, 1.165) is 22.1 Å². The van der Waals surface area contributed by atoms with E-state index in [1.54, 1.807) is 27.7 Å². The number of rotatable bonds is 10. The van der Waals surface area contributed by atoms with E-state index in [1.165, 1.54) is 12.2 Å². The van der Waals surface area contributed by atoms with Crippen LogP contribution in [0.5, 0.6) is 0 Å². The van der Waals surface area contributed by atoms with E-state index in [9.17, 15) is 26.2 Å². The third-order valence-electron chi connectivity index (χ3n) is 6.40. The smallest absolute Gasteiger partial charge is 0.304 e. The van der Waals surface area contributed by atoms with Crippen LogP contribution in [0.1, 0.15) is 27.7 Å². The lowest BCUT2D eigenvalue weighted by Crippen LogP contribution is -2.45. The Morgan fingerprint density at radius 1 is 0.762 bits per heavy atom. The molecule has 0 aliphatic carbocycles. The molecular formula is C30H33F3NO5P2S+. The van der Waals surface area contributed by atoms with E-state index in [0.29, 0.717) is 5.31 Å². The van der Waals surface area contributed by atoms with Crippen molar-refractivity contribution in [3.05, 3.63) is 115 Å². The van der Waals surface area contributed by atoms with Gasteiger partial charge in [-0.25, -0.2) is 0 Å². The van der Waals surface area contributed by atoms with Gasteiger partial charge in [-0.3, -0.25) is 8.87 Å². The molecule has 0 N–H and O–H groups in total. The summed E-state index contributed by atoms with van der Waals surface area (Å²) in [5.74, 6) is -1.93. The summed E-state index contributed by atoms with van der Waals surface area (Å²) in [6.45, 7) is 6.21. The topological polar surface area (TPSA) is 72.9 Å². The van der Waals surface area contributed by atoms with E-state index >= 15 is 0 Å². The van der Waals surface area contributed by atoms with Gasteiger partial charge in [-0.05, 0) is 76.2 Å². The van der Waals surface area contributed by atoms with Gasteiger partial charge >= 0.3 is 23.1 Å². The van der Waals surface area contributed by atoms with Crippen LogP contribution in [-0.2, 0) is 23.6 Å². The van der Waals surface area contributed by atoms with Gasteiger partial charge in [-0.1, -0.05) is 54.6 Å². The number of alkyl halides is 3. The average molecular weight is 639 g/mol. The summed E-state index contributed by atoms with van der Waals surface area (Å²) in [4.78, 5) is 0. The van der Waals surface area contributed by atoms with Crippen molar-refractivity contribution in [3.8, 4) is 0 Å². The lowest BCUT2D eigenvalue weighted by Gasteiger charge is -2.38. The monoisotopic (exact) mass is 638 g/mol. The normalized spacial score (nSPS) is 16.6. The average Bonchev–Trinajstić information content (AvgIpc) is 2.94. The fourth-order valence-electron chi connectivity index (χ4n) is 4.90. The number of benzene rings is 3. The van der Waals surface area contributed by atoms with Crippen LogP contribution in [0, 0.1) is 0 Å². The van der Waals surface area contributed by atoms with E-state index in [-0.39, 0.29) is 4.31 Å². The number of halogens is 3. The van der Waals surface area contributed by atoms with Gasteiger partial charge < -0.3 is 9.05 Å². The Morgan fingerprint density at radius 3 is 1.48 bits per heavy atom. The molecule has 42 heavy (non-hydrogen) atoms. The van der Waals surface area contributed by atoms with Crippen molar-refractivity contribution in [2.45, 2.75) is 51.2 Å². The van der Waals surface area contributed by atoms with Gasteiger partial charge in [0.2, 0.25) is 0 Å². The molecule has 1 aliphatic rings. The molecule has 0 radical (unpaired) electrons. The number of nitrogens with zero attached hydrogens (tertiary/aromatic N) is 1. The van der Waals surface area contributed by atoms with E-state index in [4.69, 9.17) is 9.05 Å². The second-order valence-electron chi connectivity index (χ2n) is 10.1. The summed E-state index contributed by atoms with van der Waals surface area (Å²) >= 11 is 0. The van der Waals surface area contributed by atoms with E-state index in [1.807, 2.05) is 91.0 Å². The number of sulfonamides is 1. The molecule has 0 aromatic heterocycles. The van der Waals surface area contributed by atoms with Gasteiger partial charge in [0.15, 0.2) is 5.78 Å². The molecule has 1 unspecified atom stereocenters. The van der Waals surface area contributed by atoms with Crippen molar-refractivity contribution in [3.63, 3.8) is 0 Å². The lowest BCUT2D eigenvalue weighted by atomic mass is 10.3. The largest absolute Gasteiger partial charge is 0.516 e. The fraction of sp³-hybridized carbons (Fsp3) is 0.267. The summed E-state index contributed by atoms with van der Waals surface area (Å²) < 4.78 is 93.7. The second kappa shape index (κ2) is 12.5. The van der Waals surface area contributed by atoms with Crippen LogP contribution >= 0.6 is 14.9 Å². The molecule has 0 spiro atoms. The minimum Gasteiger partial charge on any atom is -0.304 e. The molecule has 0 saturated heterocycles. The highest BCUT2D eigenvalue weighted by Crippen LogP contribution is 2.66. The Labute approximate surface area is 245 Å². The first-order chi connectivity index (χ1) is 19.7. The molecule has 0 bridgehead atoms. The van der Waals surface area contributed by atoms with Gasteiger partial charge in [0.25, 0.3) is 0 Å². The third-order valence-corrected chi connectivity index (χ3v) is 14.8. The molecule has 6 nitrogen and oxygen atoms in total. The summed E-state index contributed by atoms with van der Waals surface area (Å²) in [7, 11) is -13.4. The van der Waals surface area contributed by atoms with Gasteiger partial charge in [0, 0.05) is 6.20 Å². The molecule has 1 aliphatic heterocycles. The first-order valence-corrected chi connectivity index (χ1v) is 18.1. The summed E-state index contributed by atoms with van der Waals surface area (Å²) in [5.41, 5.74) is -5.66. The Kier molecular flexibility index (Phi) is 9.56. The standard InChI is InChI=1S/C30H33F3NO5P2S/c1-23(2)38-41(35,39-24(3)4)29-22-28(20-21-34(29)42(36,37)30(31,32)33)40(25-14-8-5-9-15-25,26-16-10-6-11-17-26)27-18-12-7-13-19-27/h5-24,29H,1-4H3/q+1. The van der Waals surface area contributed by atoms with Crippen molar-refractivity contribution in [1.29, 1.82) is 0 Å². The van der Waals surface area contributed by atoms with Crippen LogP contribution in [0.25, 0.3) is 0 Å². The molecular weight excluding hydrogens is 605 g/mol. The molecule has 224 valence electrons. The first kappa shape index (κ1) is 32.2. The van der Waals surface area contributed by atoms with Crippen LogP contribution in [0.4, 0.5) is 13.2 Å². The van der Waals surface area contributed by atoms with E-state index in [2.05, 4.69) is 0 Å². The van der Waals surface area contributed by atoms with Gasteiger partial charge in [0.1, 0.15) is 28.5 Å². The molecule has 1 atom stereocenters. The second-order valence-corrected chi connectivity index (χ2v) is 17.4. The predicted molar refractivity (Wildman–Crippen MR) is 163 cm³/mol. The van der Waals surface area contributed by atoms with Gasteiger partial charge in [-0.2, -0.15) is 21.6 Å². The van der Waals surface area contributed by atoms with Crippen molar-refractivity contribution in [2.75, 3.05) is 0 Å². The fourth-order valence-corrected chi connectivity index (χ4v) is 13.0. The molecule has 0 saturated carbocycles. The minimum absolute atomic E-state index is 0.0672. The van der Waals surface area contributed by atoms with E-state index < -0.39 is 48.4 Å². The maximum absolute atomic E-state index is 14.5. The first-order valence-electron chi connectivity index (χ1n) is 13.3. The zero-order chi connectivity index (χ0) is 30.8. The Hall–Kier alpha value is -2.74. The highest BCUT2D eigenvalue weighted by Gasteiger charge is 2.58. The van der Waals surface area contributed by atoms with Crippen molar-refractivity contribution in [1.82, 2.24) is 4.31 Å². The molecule has 12 heteroatoms. The van der Waals surface area contributed by atoms with Crippen LogP contribution in [0.15, 0.2) is 115 Å². The molecule has 3 aromatic carbocycles. The highest BCUT2D eigenvalue weighted by molar-refractivity contribution is 7.99. The quantitative estimate of drug-likeness (QED) is 0.226. The van der Waals surface area contributed by atoms with Gasteiger partial charge in [0.05, 0.1) is 12.2 Å². The summed E-state index contributed by atoms with van der Waals surface area (Å²) in [6, 6.07) is 28.4. The molecule has 0 amide bonds. The molecule has 4 rings (SSSR count). The van der Waals surface area contributed by atoms with Crippen LogP contribution in [-0.4, -0.2) is 36.2 Å². The van der Waals surface area contributed by atoms with Crippen molar-refractivity contribution >= 4 is 40.8 Å². The third kappa shape index (κ3) is 6.15. The molecule has 3 aromatic rings. The zero-order valence-electron chi connectivity index (χ0n) is 23.5. The Balaban J connectivity index is 2.11. The van der Waals surface area contributed by atoms with Crippen LogP contribution in [0.3, 0.4) is 0 Å². The van der Waals surface area contributed by atoms with Gasteiger partial charge in [-0.15, -0.1) is 0 Å². The van der Waals surface area contributed by atoms with Crippen molar-refractivity contribution < 1.29 is 35.2 Å². The Morgan fingerprint density at radius 2 is 1.14 bits per heavy atom. The zero-order valence-corrected chi connectivity index (χ0v) is 26.2. The Bertz CT molecular complexity index is 1470. The number of allylic oxidation sites excluding steroid dienone is 2. The predicted octanol–water partition coefficient (Wildman–Crippen LogP) is 6.91. The highest BCUT2D eigenvalue weighted by atomic mass is 32.2. The van der Waals surface area contributed by atoms with Crippen LogP contribution in [0.2, 0.25) is 0 Å². The number of hydrogen-bond donors (Lipinski definition) is 0. The molecule has 1 heterocycles. The lowest BCUT2D eigenvalue weighted by molar-refractivity contribution is -0.0479.